The summed E-state index contributed by atoms with van der Waals surface area (Å²) in [6, 6.07) is 16.9. The van der Waals surface area contributed by atoms with E-state index < -0.39 is 0 Å². The number of fused-ring (bicyclic) bond motifs is 1. The molecule has 0 aliphatic carbocycles. The second-order valence-corrected chi connectivity index (χ2v) is 8.51. The van der Waals surface area contributed by atoms with E-state index in [1.807, 2.05) is 46.7 Å². The van der Waals surface area contributed by atoms with Gasteiger partial charge < -0.3 is 19.7 Å². The first-order valence-corrected chi connectivity index (χ1v) is 11.4. The molecule has 2 heterocycles. The number of benzene rings is 2. The van der Waals surface area contributed by atoms with Gasteiger partial charge in [-0.1, -0.05) is 24.3 Å². The van der Waals surface area contributed by atoms with Gasteiger partial charge in [0.15, 0.2) is 11.5 Å². The van der Waals surface area contributed by atoms with Crippen LogP contribution in [0.1, 0.15) is 38.8 Å². The largest absolute Gasteiger partial charge is 0.493 e. The number of amides is 2. The van der Waals surface area contributed by atoms with Crippen molar-refractivity contribution < 1.29 is 19.1 Å². The summed E-state index contributed by atoms with van der Waals surface area (Å²) in [4.78, 5) is 28.5. The normalized spacial score (nSPS) is 15.1. The van der Waals surface area contributed by atoms with Gasteiger partial charge in [0.2, 0.25) is 5.91 Å². The van der Waals surface area contributed by atoms with Crippen LogP contribution in [0.3, 0.4) is 0 Å². The lowest BCUT2D eigenvalue weighted by Gasteiger charge is -2.37. The van der Waals surface area contributed by atoms with Crippen LogP contribution in [0.25, 0.3) is 0 Å². The zero-order chi connectivity index (χ0) is 22.5. The number of nitrogens with one attached hydrogen (secondary N) is 1. The predicted molar refractivity (Wildman–Crippen MR) is 125 cm³/mol. The Morgan fingerprint density at radius 1 is 1.06 bits per heavy atom. The molecule has 1 atom stereocenters. The summed E-state index contributed by atoms with van der Waals surface area (Å²) in [5, 5.41) is 4.87. The molecule has 6 nitrogen and oxygen atoms in total. The highest BCUT2D eigenvalue weighted by molar-refractivity contribution is 7.10. The summed E-state index contributed by atoms with van der Waals surface area (Å²) in [5.41, 5.74) is 2.80. The molecule has 0 fully saturated rings. The highest BCUT2D eigenvalue weighted by Gasteiger charge is 2.33. The second kappa shape index (κ2) is 9.87. The fourth-order valence-electron chi connectivity index (χ4n) is 4.09. The van der Waals surface area contributed by atoms with Crippen LogP contribution in [0.5, 0.6) is 11.5 Å². The van der Waals surface area contributed by atoms with Gasteiger partial charge in [-0.3, -0.25) is 9.59 Å². The van der Waals surface area contributed by atoms with Gasteiger partial charge in [-0.15, -0.1) is 11.3 Å². The highest BCUT2D eigenvalue weighted by Crippen LogP contribution is 2.42. The van der Waals surface area contributed by atoms with E-state index in [9.17, 15) is 9.59 Å². The van der Waals surface area contributed by atoms with Crippen LogP contribution in [0.2, 0.25) is 0 Å². The van der Waals surface area contributed by atoms with Crippen molar-refractivity contribution in [1.82, 2.24) is 10.2 Å². The molecule has 4 rings (SSSR count). The number of methoxy groups -OCH3 is 2. The third-order valence-electron chi connectivity index (χ3n) is 5.67. The van der Waals surface area contributed by atoms with Gasteiger partial charge in [0, 0.05) is 30.0 Å². The molecule has 32 heavy (non-hydrogen) atoms. The summed E-state index contributed by atoms with van der Waals surface area (Å²) < 4.78 is 11.0. The van der Waals surface area contributed by atoms with Crippen LogP contribution in [-0.2, 0) is 11.2 Å². The van der Waals surface area contributed by atoms with E-state index in [0.29, 0.717) is 30.2 Å². The number of hydrogen-bond donors (Lipinski definition) is 1. The first kappa shape index (κ1) is 21.9. The summed E-state index contributed by atoms with van der Waals surface area (Å²) >= 11 is 1.63. The van der Waals surface area contributed by atoms with Gasteiger partial charge in [0.05, 0.1) is 20.3 Å². The quantitative estimate of drug-likeness (QED) is 0.590. The predicted octanol–water partition coefficient (Wildman–Crippen LogP) is 4.06. The summed E-state index contributed by atoms with van der Waals surface area (Å²) in [6.07, 6.45) is 0.975. The Kier molecular flexibility index (Phi) is 6.75. The third kappa shape index (κ3) is 4.48. The van der Waals surface area contributed by atoms with Crippen molar-refractivity contribution in [2.24, 2.45) is 0 Å². The number of nitrogens with zero attached hydrogens (tertiary/aromatic N) is 1. The Labute approximate surface area is 191 Å². The summed E-state index contributed by atoms with van der Waals surface area (Å²) in [7, 11) is 3.24. The Morgan fingerprint density at radius 2 is 1.81 bits per heavy atom. The second-order valence-electron chi connectivity index (χ2n) is 7.53. The molecule has 0 bridgehead atoms. The van der Waals surface area contributed by atoms with Crippen LogP contribution >= 0.6 is 11.3 Å². The number of hydrogen-bond acceptors (Lipinski definition) is 5. The molecule has 1 aliphatic heterocycles. The first-order valence-electron chi connectivity index (χ1n) is 10.5. The smallest absolute Gasteiger partial charge is 0.251 e. The van der Waals surface area contributed by atoms with Crippen LogP contribution in [-0.4, -0.2) is 44.0 Å². The van der Waals surface area contributed by atoms with Crippen molar-refractivity contribution in [2.75, 3.05) is 27.3 Å². The molecule has 0 radical (unpaired) electrons. The van der Waals surface area contributed by atoms with Gasteiger partial charge in [-0.2, -0.15) is 0 Å². The zero-order valence-electron chi connectivity index (χ0n) is 18.2. The standard InChI is InChI=1S/C25H26N2O4S/c1-30-20-15-18-11-13-27(23(28)10-12-26-25(29)17-7-4-3-5-8-17)24(22-9-6-14-32-22)19(18)16-21(20)31-2/h3-9,14-16,24H,10-13H2,1-2H3,(H,26,29). The fraction of sp³-hybridized carbons (Fsp3) is 0.280. The van der Waals surface area contributed by atoms with Crippen molar-refractivity contribution in [2.45, 2.75) is 18.9 Å². The van der Waals surface area contributed by atoms with Gasteiger partial charge in [0.25, 0.3) is 5.91 Å². The lowest BCUT2D eigenvalue weighted by atomic mass is 9.90. The first-order chi connectivity index (χ1) is 15.6. The van der Waals surface area contributed by atoms with E-state index in [-0.39, 0.29) is 24.3 Å². The van der Waals surface area contributed by atoms with Crippen molar-refractivity contribution in [3.05, 3.63) is 81.5 Å². The van der Waals surface area contributed by atoms with Gasteiger partial charge in [0.1, 0.15) is 0 Å². The summed E-state index contributed by atoms with van der Waals surface area (Å²) in [5.74, 6) is 1.18. The zero-order valence-corrected chi connectivity index (χ0v) is 19.0. The van der Waals surface area contributed by atoms with Crippen LogP contribution in [0.15, 0.2) is 60.0 Å². The Hall–Kier alpha value is -3.32. The molecular formula is C25H26N2O4S. The maximum atomic E-state index is 13.2. The molecule has 166 valence electrons. The number of ether oxygens (including phenoxy) is 2. The molecule has 3 aromatic rings. The Balaban J connectivity index is 1.53. The van der Waals surface area contributed by atoms with E-state index in [0.717, 1.165) is 22.4 Å². The Morgan fingerprint density at radius 3 is 2.50 bits per heavy atom. The molecule has 1 unspecified atom stereocenters. The molecule has 1 aliphatic rings. The molecule has 1 N–H and O–H groups in total. The fourth-order valence-corrected chi connectivity index (χ4v) is 4.94. The van der Waals surface area contributed by atoms with Crippen molar-refractivity contribution in [3.8, 4) is 11.5 Å². The van der Waals surface area contributed by atoms with E-state index in [1.54, 1.807) is 37.7 Å². The maximum Gasteiger partial charge on any atom is 0.251 e. The number of carbonyl (C=O) groups is 2. The van der Waals surface area contributed by atoms with Crippen molar-refractivity contribution in [1.29, 1.82) is 0 Å². The van der Waals surface area contributed by atoms with Crippen LogP contribution in [0.4, 0.5) is 0 Å². The van der Waals surface area contributed by atoms with Gasteiger partial charge in [-0.05, 0) is 53.3 Å². The Bertz CT molecular complexity index is 1080. The third-order valence-corrected chi connectivity index (χ3v) is 6.59. The highest BCUT2D eigenvalue weighted by atomic mass is 32.1. The maximum absolute atomic E-state index is 13.2. The lowest BCUT2D eigenvalue weighted by molar-refractivity contribution is -0.133. The van der Waals surface area contributed by atoms with E-state index in [4.69, 9.17) is 9.47 Å². The molecule has 1 aromatic heterocycles. The molecule has 0 spiro atoms. The molecule has 0 saturated carbocycles. The number of thiophene rings is 1. The van der Waals surface area contributed by atoms with Gasteiger partial charge >= 0.3 is 0 Å². The topological polar surface area (TPSA) is 67.9 Å². The van der Waals surface area contributed by atoms with E-state index in [1.165, 1.54) is 0 Å². The molecular weight excluding hydrogens is 424 g/mol. The minimum atomic E-state index is -0.184. The minimum absolute atomic E-state index is 0.0113. The molecule has 2 aromatic carbocycles. The molecule has 0 saturated heterocycles. The van der Waals surface area contributed by atoms with Crippen LogP contribution < -0.4 is 14.8 Å². The molecule has 2 amide bonds. The summed E-state index contributed by atoms with van der Waals surface area (Å²) in [6.45, 7) is 0.898. The van der Waals surface area contributed by atoms with Crippen molar-refractivity contribution in [3.63, 3.8) is 0 Å². The lowest BCUT2D eigenvalue weighted by Crippen LogP contribution is -2.41. The minimum Gasteiger partial charge on any atom is -0.493 e. The number of carbonyl (C=O) groups excluding carboxylic acids is 2. The van der Waals surface area contributed by atoms with Crippen LogP contribution in [0, 0.1) is 0 Å². The molecule has 7 heteroatoms. The van der Waals surface area contributed by atoms with Gasteiger partial charge in [-0.25, -0.2) is 0 Å². The average molecular weight is 451 g/mol. The monoisotopic (exact) mass is 450 g/mol. The SMILES string of the molecule is COc1cc2c(cc1OC)C(c1cccs1)N(C(=O)CCNC(=O)c1ccccc1)CC2. The van der Waals surface area contributed by atoms with E-state index >= 15 is 0 Å². The number of rotatable bonds is 7. The average Bonchev–Trinajstić information content (AvgIpc) is 3.37. The van der Waals surface area contributed by atoms with Crippen molar-refractivity contribution >= 4 is 23.2 Å². The van der Waals surface area contributed by atoms with E-state index in [2.05, 4.69) is 11.4 Å².